The van der Waals surface area contributed by atoms with Crippen LogP contribution in [0.1, 0.15) is 63.5 Å². The van der Waals surface area contributed by atoms with E-state index in [1.807, 2.05) is 11.8 Å². The van der Waals surface area contributed by atoms with Crippen molar-refractivity contribution in [1.82, 2.24) is 15.0 Å². The Morgan fingerprint density at radius 1 is 0.460 bits per heavy atom. The predicted octanol–water partition coefficient (Wildman–Crippen LogP) is 16.0. The molecule has 0 bridgehead atoms. The van der Waals surface area contributed by atoms with E-state index in [1.165, 1.54) is 26.5 Å². The monoisotopic (exact) mass is 830 g/mol. The van der Waals surface area contributed by atoms with Crippen LogP contribution in [0.4, 0.5) is 0 Å². The number of fused-ring (bicyclic) bond motifs is 2. The van der Waals surface area contributed by atoms with Crippen LogP contribution in [-0.4, -0.2) is 15.0 Å². The van der Waals surface area contributed by atoms with Gasteiger partial charge in [0.05, 0.1) is 0 Å². The van der Waals surface area contributed by atoms with Crippen molar-refractivity contribution in [2.24, 2.45) is 0 Å². The highest BCUT2D eigenvalue weighted by Gasteiger charge is 2.37. The van der Waals surface area contributed by atoms with Gasteiger partial charge in [0.15, 0.2) is 5.82 Å². The normalized spacial score (nSPS) is 15.0. The molecule has 2 aliphatic rings. The molecule has 304 valence electrons. The van der Waals surface area contributed by atoms with Gasteiger partial charge in [-0.2, -0.15) is 0 Å². The van der Waals surface area contributed by atoms with Gasteiger partial charge in [-0.15, -0.1) is 0 Å². The van der Waals surface area contributed by atoms with Gasteiger partial charge in [-0.3, -0.25) is 0 Å². The number of nitrogens with zero attached hydrogens (tertiary/aromatic N) is 3. The molecule has 8 aromatic carbocycles. The van der Waals surface area contributed by atoms with Crippen molar-refractivity contribution in [2.75, 3.05) is 0 Å². The van der Waals surface area contributed by atoms with Crippen molar-refractivity contribution in [3.05, 3.63) is 211 Å². The molecular weight excluding hydrogens is 783 g/mol. The lowest BCUT2D eigenvalue weighted by atomic mass is 9.74. The molecule has 4 heteroatoms. The number of aromatic nitrogens is 3. The summed E-state index contributed by atoms with van der Waals surface area (Å²) in [6.07, 6.45) is 7.07. The standard InChI is InChI=1S/C59H47N3S/c1-59(2)47-32-17-18-33-49(47)63-57-48(59)35-34-46(39-20-15-16-21-39)50(57)44-30-19-31-45(36-44)55-51(40-22-7-3-8-23-40)53(42-26-11-5-12-27-42)56(58-61-37-60-38-62-58)54(43-28-13-6-14-29-43)52(55)41-24-9-4-10-25-41/h3-14,17-19,22-39H,15-16,20-21H2,1-2H3/i39D. The van der Waals surface area contributed by atoms with Gasteiger partial charge in [-0.05, 0) is 103 Å². The molecule has 0 N–H and O–H groups in total. The minimum atomic E-state index is -0.667. The first-order valence-corrected chi connectivity index (χ1v) is 22.9. The summed E-state index contributed by atoms with van der Waals surface area (Å²) in [7, 11) is 0. The van der Waals surface area contributed by atoms with E-state index >= 15 is 0 Å². The van der Waals surface area contributed by atoms with Crippen LogP contribution >= 0.6 is 11.8 Å². The fraction of sp³-hybridized carbons (Fsp3) is 0.136. The maximum absolute atomic E-state index is 10.1. The number of hydrogen-bond donors (Lipinski definition) is 0. The van der Waals surface area contributed by atoms with E-state index in [9.17, 15) is 1.37 Å². The molecule has 1 aromatic heterocycles. The van der Waals surface area contributed by atoms with Gasteiger partial charge >= 0.3 is 0 Å². The lowest BCUT2D eigenvalue weighted by Crippen LogP contribution is -2.24. The van der Waals surface area contributed by atoms with Crippen LogP contribution in [0, 0.1) is 0 Å². The summed E-state index contributed by atoms with van der Waals surface area (Å²) in [6, 6.07) is 65.9. The summed E-state index contributed by atoms with van der Waals surface area (Å²) in [5, 5.41) is 0. The molecular formula is C59H47N3S. The summed E-state index contributed by atoms with van der Waals surface area (Å²) in [5.41, 5.74) is 17.7. The second-order valence-corrected chi connectivity index (χ2v) is 18.2. The van der Waals surface area contributed by atoms with Crippen molar-refractivity contribution in [2.45, 2.75) is 60.6 Å². The zero-order valence-corrected chi connectivity index (χ0v) is 36.4. The first-order valence-electron chi connectivity index (χ1n) is 22.5. The molecule has 63 heavy (non-hydrogen) atoms. The molecule has 0 radical (unpaired) electrons. The highest BCUT2D eigenvalue weighted by atomic mass is 32.2. The smallest absolute Gasteiger partial charge is 0.163 e. The van der Waals surface area contributed by atoms with E-state index < -0.39 is 5.89 Å². The molecule has 9 aromatic rings. The Morgan fingerprint density at radius 2 is 0.905 bits per heavy atom. The Kier molecular flexibility index (Phi) is 9.87. The third-order valence-electron chi connectivity index (χ3n) is 13.1. The van der Waals surface area contributed by atoms with Crippen LogP contribution < -0.4 is 0 Å². The number of rotatable bonds is 8. The van der Waals surface area contributed by atoms with Crippen LogP contribution in [0.3, 0.4) is 0 Å². The van der Waals surface area contributed by atoms with E-state index in [-0.39, 0.29) is 5.41 Å². The van der Waals surface area contributed by atoms with Gasteiger partial charge in [0.2, 0.25) is 0 Å². The minimum absolute atomic E-state index is 0.214. The van der Waals surface area contributed by atoms with Crippen molar-refractivity contribution in [1.29, 1.82) is 0 Å². The first-order chi connectivity index (χ1) is 31.4. The quantitative estimate of drug-likeness (QED) is 0.153. The molecule has 1 aliphatic heterocycles. The zero-order valence-electron chi connectivity index (χ0n) is 36.6. The highest BCUT2D eigenvalue weighted by Crippen LogP contribution is 2.58. The fourth-order valence-corrected chi connectivity index (χ4v) is 11.8. The molecule has 0 saturated heterocycles. The van der Waals surface area contributed by atoms with Crippen LogP contribution in [0.5, 0.6) is 0 Å². The van der Waals surface area contributed by atoms with E-state index in [4.69, 9.17) is 9.97 Å². The molecule has 0 atom stereocenters. The number of benzene rings is 8. The van der Waals surface area contributed by atoms with Crippen molar-refractivity contribution < 1.29 is 1.37 Å². The topological polar surface area (TPSA) is 38.7 Å². The Bertz CT molecular complexity index is 3040. The molecule has 1 saturated carbocycles. The van der Waals surface area contributed by atoms with E-state index in [2.05, 4.69) is 201 Å². The van der Waals surface area contributed by atoms with Gasteiger partial charge in [0, 0.05) is 33.3 Å². The highest BCUT2D eigenvalue weighted by molar-refractivity contribution is 7.99. The summed E-state index contributed by atoms with van der Waals surface area (Å²) < 4.78 is 10.1. The van der Waals surface area contributed by atoms with Crippen molar-refractivity contribution >= 4 is 11.8 Å². The third-order valence-corrected chi connectivity index (χ3v) is 14.3. The maximum atomic E-state index is 10.1. The summed E-state index contributed by atoms with van der Waals surface area (Å²) in [6.45, 7) is 4.72. The Hall–Kier alpha value is -6.88. The lowest BCUT2D eigenvalue weighted by Gasteiger charge is -2.37. The maximum Gasteiger partial charge on any atom is 0.163 e. The van der Waals surface area contributed by atoms with E-state index in [0.717, 1.165) is 98.0 Å². The molecule has 0 amide bonds. The van der Waals surface area contributed by atoms with Crippen molar-refractivity contribution in [3.8, 4) is 78.1 Å². The summed E-state index contributed by atoms with van der Waals surface area (Å²) in [5.74, 6) is -0.0558. The van der Waals surface area contributed by atoms with Gasteiger partial charge in [0.25, 0.3) is 0 Å². The molecule has 11 rings (SSSR count). The molecule has 1 aliphatic carbocycles. The minimum Gasteiger partial charge on any atom is -0.225 e. The summed E-state index contributed by atoms with van der Waals surface area (Å²) >= 11 is 1.88. The SMILES string of the molecule is [2H]C1(c2ccc3c(c2-c2cccc(-c4c(-c5ccccc5)c(-c5ccccc5)c(-c5ncncn5)c(-c5ccccc5)c4-c4ccccc4)c2)Sc2ccccc2C3(C)C)CCCC1. The third kappa shape index (κ3) is 6.90. The average molecular weight is 831 g/mol. The van der Waals surface area contributed by atoms with Gasteiger partial charge in [-0.25, -0.2) is 15.0 Å². The van der Waals surface area contributed by atoms with Crippen molar-refractivity contribution in [3.63, 3.8) is 0 Å². The first kappa shape index (κ1) is 37.8. The molecule has 0 spiro atoms. The van der Waals surface area contributed by atoms with Gasteiger partial charge in [-0.1, -0.05) is 208 Å². The molecule has 0 unspecified atom stereocenters. The largest absolute Gasteiger partial charge is 0.225 e. The average Bonchev–Trinajstić information content (AvgIpc) is 3.81. The van der Waals surface area contributed by atoms with E-state index in [0.29, 0.717) is 5.82 Å². The second kappa shape index (κ2) is 16.4. The molecule has 1 fully saturated rings. The van der Waals surface area contributed by atoms with E-state index in [1.54, 1.807) is 12.7 Å². The predicted molar refractivity (Wildman–Crippen MR) is 262 cm³/mol. The summed E-state index contributed by atoms with van der Waals surface area (Å²) in [4.78, 5) is 16.7. The Labute approximate surface area is 376 Å². The molecule has 3 nitrogen and oxygen atoms in total. The van der Waals surface area contributed by atoms with Gasteiger partial charge < -0.3 is 0 Å². The van der Waals surface area contributed by atoms with Crippen LogP contribution in [-0.2, 0) is 5.41 Å². The Morgan fingerprint density at radius 3 is 1.44 bits per heavy atom. The van der Waals surface area contributed by atoms with Crippen LogP contribution in [0.25, 0.3) is 78.1 Å². The number of hydrogen-bond acceptors (Lipinski definition) is 4. The lowest BCUT2D eigenvalue weighted by molar-refractivity contribution is 0.605. The van der Waals surface area contributed by atoms with Crippen LogP contribution in [0.15, 0.2) is 204 Å². The second-order valence-electron chi connectivity index (χ2n) is 17.2. The zero-order chi connectivity index (χ0) is 43.3. The van der Waals surface area contributed by atoms with Crippen LogP contribution in [0.2, 0.25) is 0 Å². The fourth-order valence-electron chi connectivity index (χ4n) is 10.2. The Balaban J connectivity index is 1.31. The van der Waals surface area contributed by atoms with Gasteiger partial charge in [0.1, 0.15) is 12.7 Å². The molecule has 2 heterocycles.